The number of rotatable bonds is 3. The van der Waals surface area contributed by atoms with Crippen molar-refractivity contribution in [3.8, 4) is 11.3 Å². The Morgan fingerprint density at radius 1 is 1.29 bits per heavy atom. The Balaban J connectivity index is 1.78. The maximum atomic E-state index is 12.0. The number of hydrogen-bond donors (Lipinski definition) is 2. The highest BCUT2D eigenvalue weighted by Gasteiger charge is 2.15. The zero-order chi connectivity index (χ0) is 14.8. The lowest BCUT2D eigenvalue weighted by atomic mass is 10.1. The van der Waals surface area contributed by atoms with Crippen molar-refractivity contribution in [2.75, 3.05) is 11.1 Å². The summed E-state index contributed by atoms with van der Waals surface area (Å²) in [6.45, 7) is 0. The molecule has 7 heteroatoms. The third kappa shape index (κ3) is 2.91. The Hall–Kier alpha value is -2.31. The maximum absolute atomic E-state index is 12.0. The minimum absolute atomic E-state index is 0.0582. The highest BCUT2D eigenvalue weighted by molar-refractivity contribution is 7.14. The average Bonchev–Trinajstić information content (AvgIpc) is 3.09. The van der Waals surface area contributed by atoms with Gasteiger partial charge < -0.3 is 10.2 Å². The van der Waals surface area contributed by atoms with Crippen LogP contribution in [-0.2, 0) is 0 Å². The van der Waals surface area contributed by atoms with E-state index in [0.717, 1.165) is 11.3 Å². The summed E-state index contributed by atoms with van der Waals surface area (Å²) in [6, 6.07) is 8.87. The number of benzene rings is 1. The molecule has 0 bridgehead atoms. The van der Waals surface area contributed by atoms with Crippen LogP contribution in [-0.4, -0.2) is 10.9 Å². The molecule has 0 aliphatic rings. The average molecular weight is 320 g/mol. The van der Waals surface area contributed by atoms with Crippen LogP contribution in [0, 0.1) is 0 Å². The van der Waals surface area contributed by atoms with Crippen LogP contribution in [0.2, 0.25) is 5.22 Å². The highest BCUT2D eigenvalue weighted by Crippen LogP contribution is 2.26. The molecular formula is C14H10ClN3O2S. The summed E-state index contributed by atoms with van der Waals surface area (Å²) >= 11 is 7.09. The first-order valence-corrected chi connectivity index (χ1v) is 7.25. The number of nitrogens with two attached hydrogens (primary N) is 1. The van der Waals surface area contributed by atoms with E-state index >= 15 is 0 Å². The van der Waals surface area contributed by atoms with Crippen molar-refractivity contribution in [3.63, 3.8) is 0 Å². The molecular weight excluding hydrogens is 310 g/mol. The van der Waals surface area contributed by atoms with Gasteiger partial charge in [0.25, 0.3) is 5.91 Å². The highest BCUT2D eigenvalue weighted by atomic mass is 35.5. The molecule has 0 aliphatic carbocycles. The van der Waals surface area contributed by atoms with E-state index in [-0.39, 0.29) is 16.7 Å². The number of nitrogens with zero attached hydrogens (tertiary/aromatic N) is 1. The molecule has 0 fully saturated rings. The van der Waals surface area contributed by atoms with Gasteiger partial charge in [-0.2, -0.15) is 0 Å². The van der Waals surface area contributed by atoms with Crippen LogP contribution >= 0.6 is 22.9 Å². The lowest BCUT2D eigenvalue weighted by Gasteiger charge is -1.99. The van der Waals surface area contributed by atoms with Gasteiger partial charge in [-0.3, -0.25) is 10.1 Å². The van der Waals surface area contributed by atoms with Gasteiger partial charge in [0, 0.05) is 16.6 Å². The molecule has 3 aromatic rings. The molecule has 0 saturated heterocycles. The maximum Gasteiger partial charge on any atom is 0.262 e. The molecule has 1 amide bonds. The molecule has 0 aliphatic heterocycles. The first-order chi connectivity index (χ1) is 10.1. The number of nitrogens with one attached hydrogen (secondary N) is 1. The Morgan fingerprint density at radius 3 is 2.71 bits per heavy atom. The van der Waals surface area contributed by atoms with Crippen LogP contribution in [0.1, 0.15) is 10.4 Å². The Labute approximate surface area is 129 Å². The summed E-state index contributed by atoms with van der Waals surface area (Å²) in [5.74, 6) is -0.355. The number of carbonyl (C=O) groups is 1. The van der Waals surface area contributed by atoms with E-state index in [1.54, 1.807) is 12.1 Å². The molecule has 0 radical (unpaired) electrons. The van der Waals surface area contributed by atoms with Crippen LogP contribution < -0.4 is 11.1 Å². The Kier molecular flexibility index (Phi) is 3.64. The van der Waals surface area contributed by atoms with Crippen molar-refractivity contribution in [3.05, 3.63) is 52.8 Å². The van der Waals surface area contributed by atoms with Crippen LogP contribution in [0.25, 0.3) is 11.3 Å². The first kappa shape index (κ1) is 13.7. The second-order valence-electron chi connectivity index (χ2n) is 4.22. The Bertz CT molecular complexity index is 780. The normalized spacial score (nSPS) is 10.5. The molecule has 106 valence electrons. The van der Waals surface area contributed by atoms with Gasteiger partial charge >= 0.3 is 0 Å². The van der Waals surface area contributed by atoms with E-state index in [1.807, 2.05) is 17.5 Å². The van der Waals surface area contributed by atoms with Gasteiger partial charge in [0.15, 0.2) is 5.13 Å². The zero-order valence-corrected chi connectivity index (χ0v) is 12.2. The van der Waals surface area contributed by atoms with E-state index in [2.05, 4.69) is 10.3 Å². The van der Waals surface area contributed by atoms with Crippen LogP contribution in [0.15, 0.2) is 46.4 Å². The van der Waals surface area contributed by atoms with E-state index in [4.69, 9.17) is 21.8 Å². The quantitative estimate of drug-likeness (QED) is 0.717. The first-order valence-electron chi connectivity index (χ1n) is 5.99. The third-order valence-corrected chi connectivity index (χ3v) is 3.84. The second-order valence-corrected chi connectivity index (χ2v) is 5.42. The van der Waals surface area contributed by atoms with Crippen molar-refractivity contribution in [1.82, 2.24) is 4.98 Å². The van der Waals surface area contributed by atoms with Gasteiger partial charge in [-0.1, -0.05) is 12.1 Å². The zero-order valence-electron chi connectivity index (χ0n) is 10.7. The SMILES string of the molecule is Nc1ccc(-c2csc(NC(=O)c3ccoc3Cl)n2)cc1. The second kappa shape index (κ2) is 5.59. The summed E-state index contributed by atoms with van der Waals surface area (Å²) in [7, 11) is 0. The van der Waals surface area contributed by atoms with Gasteiger partial charge in [-0.05, 0) is 29.8 Å². The fourth-order valence-corrected chi connectivity index (χ4v) is 2.65. The van der Waals surface area contributed by atoms with Crippen molar-refractivity contribution < 1.29 is 9.21 Å². The van der Waals surface area contributed by atoms with Crippen molar-refractivity contribution in [1.29, 1.82) is 0 Å². The molecule has 0 unspecified atom stereocenters. The van der Waals surface area contributed by atoms with Gasteiger partial charge in [-0.25, -0.2) is 4.98 Å². The number of amides is 1. The van der Waals surface area contributed by atoms with E-state index in [1.165, 1.54) is 23.7 Å². The topological polar surface area (TPSA) is 81.1 Å². The number of thiazole rings is 1. The summed E-state index contributed by atoms with van der Waals surface area (Å²) < 4.78 is 4.88. The number of nitrogen functional groups attached to an aromatic ring is 1. The molecule has 5 nitrogen and oxygen atoms in total. The molecule has 1 aromatic carbocycles. The minimum Gasteiger partial charge on any atom is -0.452 e. The standard InChI is InChI=1S/C14H10ClN3O2S/c15-12-10(5-6-20-12)13(19)18-14-17-11(7-21-14)8-1-3-9(16)4-2-8/h1-7H,16H2,(H,17,18,19). The number of aromatic nitrogens is 1. The van der Waals surface area contributed by atoms with Crippen LogP contribution in [0.4, 0.5) is 10.8 Å². The molecule has 2 heterocycles. The monoisotopic (exact) mass is 319 g/mol. The molecule has 2 aromatic heterocycles. The largest absolute Gasteiger partial charge is 0.452 e. The predicted octanol–water partition coefficient (Wildman–Crippen LogP) is 3.89. The number of furan rings is 1. The fraction of sp³-hybridized carbons (Fsp3) is 0. The number of halogens is 1. The molecule has 0 saturated carbocycles. The van der Waals surface area contributed by atoms with Crippen LogP contribution in [0.5, 0.6) is 0 Å². The predicted molar refractivity (Wildman–Crippen MR) is 83.6 cm³/mol. The number of anilines is 2. The lowest BCUT2D eigenvalue weighted by molar-refractivity contribution is 0.102. The van der Waals surface area contributed by atoms with E-state index in [0.29, 0.717) is 10.8 Å². The summed E-state index contributed by atoms with van der Waals surface area (Å²) in [5, 5.41) is 5.09. The molecule has 3 N–H and O–H groups in total. The molecule has 3 rings (SSSR count). The summed E-state index contributed by atoms with van der Waals surface area (Å²) in [4.78, 5) is 16.3. The minimum atomic E-state index is -0.355. The van der Waals surface area contributed by atoms with Crippen molar-refractivity contribution in [2.24, 2.45) is 0 Å². The number of hydrogen-bond acceptors (Lipinski definition) is 5. The van der Waals surface area contributed by atoms with Gasteiger partial charge in [0.05, 0.1) is 17.5 Å². The molecule has 0 spiro atoms. The molecule has 21 heavy (non-hydrogen) atoms. The van der Waals surface area contributed by atoms with Gasteiger partial charge in [-0.15, -0.1) is 11.3 Å². The molecule has 0 atom stereocenters. The Morgan fingerprint density at radius 2 is 2.05 bits per heavy atom. The summed E-state index contributed by atoms with van der Waals surface area (Å²) in [5.41, 5.74) is 8.32. The van der Waals surface area contributed by atoms with Crippen molar-refractivity contribution >= 4 is 39.7 Å². The van der Waals surface area contributed by atoms with Gasteiger partial charge in [0.1, 0.15) is 0 Å². The van der Waals surface area contributed by atoms with E-state index < -0.39 is 0 Å². The van der Waals surface area contributed by atoms with Crippen LogP contribution in [0.3, 0.4) is 0 Å². The number of carbonyl (C=O) groups excluding carboxylic acids is 1. The summed E-state index contributed by atoms with van der Waals surface area (Å²) in [6.07, 6.45) is 1.36. The van der Waals surface area contributed by atoms with E-state index in [9.17, 15) is 4.79 Å². The third-order valence-electron chi connectivity index (χ3n) is 2.79. The smallest absolute Gasteiger partial charge is 0.262 e. The van der Waals surface area contributed by atoms with Crippen molar-refractivity contribution in [2.45, 2.75) is 0 Å². The van der Waals surface area contributed by atoms with Gasteiger partial charge in [0.2, 0.25) is 5.22 Å². The fourth-order valence-electron chi connectivity index (χ4n) is 1.74. The lowest BCUT2D eigenvalue weighted by Crippen LogP contribution is -2.11.